The SMILES string of the molecule is O=C(NCCNC(=O)C(O)c1ccccc1)c1ccco1. The van der Waals surface area contributed by atoms with Gasteiger partial charge in [0.25, 0.3) is 11.8 Å². The number of aliphatic hydroxyl groups excluding tert-OH is 1. The number of benzene rings is 1. The number of furan rings is 1. The molecule has 6 heteroatoms. The molecule has 1 unspecified atom stereocenters. The third-order valence-corrected chi connectivity index (χ3v) is 2.82. The summed E-state index contributed by atoms with van der Waals surface area (Å²) >= 11 is 0. The first-order valence-corrected chi connectivity index (χ1v) is 6.51. The first kappa shape index (κ1) is 14.8. The van der Waals surface area contributed by atoms with Gasteiger partial charge < -0.3 is 20.2 Å². The molecule has 3 N–H and O–H groups in total. The van der Waals surface area contributed by atoms with E-state index in [2.05, 4.69) is 10.6 Å². The minimum absolute atomic E-state index is 0.214. The fourth-order valence-corrected chi connectivity index (χ4v) is 1.74. The number of carbonyl (C=O) groups is 2. The molecule has 1 atom stereocenters. The maximum atomic E-state index is 11.7. The van der Waals surface area contributed by atoms with Gasteiger partial charge in [-0.25, -0.2) is 0 Å². The molecule has 2 aromatic rings. The van der Waals surface area contributed by atoms with Crippen LogP contribution in [0.15, 0.2) is 53.1 Å². The van der Waals surface area contributed by atoms with Crippen LogP contribution in [0.5, 0.6) is 0 Å². The van der Waals surface area contributed by atoms with Gasteiger partial charge >= 0.3 is 0 Å². The summed E-state index contributed by atoms with van der Waals surface area (Å²) in [6.45, 7) is 0.460. The Labute approximate surface area is 121 Å². The van der Waals surface area contributed by atoms with E-state index in [0.29, 0.717) is 5.56 Å². The van der Waals surface area contributed by atoms with Crippen molar-refractivity contribution in [2.45, 2.75) is 6.10 Å². The molecule has 0 radical (unpaired) electrons. The second kappa shape index (κ2) is 7.25. The van der Waals surface area contributed by atoms with Gasteiger partial charge in [0.2, 0.25) is 0 Å². The van der Waals surface area contributed by atoms with Crippen molar-refractivity contribution in [2.75, 3.05) is 13.1 Å². The van der Waals surface area contributed by atoms with Crippen LogP contribution in [0.25, 0.3) is 0 Å². The van der Waals surface area contributed by atoms with Gasteiger partial charge in [0.15, 0.2) is 11.9 Å². The van der Waals surface area contributed by atoms with E-state index in [9.17, 15) is 14.7 Å². The fraction of sp³-hybridized carbons (Fsp3) is 0.200. The summed E-state index contributed by atoms with van der Waals surface area (Å²) in [7, 11) is 0. The molecule has 6 nitrogen and oxygen atoms in total. The third-order valence-electron chi connectivity index (χ3n) is 2.82. The van der Waals surface area contributed by atoms with Crippen molar-refractivity contribution in [3.05, 3.63) is 60.1 Å². The lowest BCUT2D eigenvalue weighted by Crippen LogP contribution is -2.36. The predicted molar refractivity (Wildman–Crippen MR) is 75.5 cm³/mol. The number of rotatable bonds is 6. The largest absolute Gasteiger partial charge is 0.459 e. The summed E-state index contributed by atoms with van der Waals surface area (Å²) in [5.41, 5.74) is 0.523. The van der Waals surface area contributed by atoms with E-state index < -0.39 is 12.0 Å². The molecule has 1 aromatic carbocycles. The summed E-state index contributed by atoms with van der Waals surface area (Å²) < 4.78 is 4.93. The summed E-state index contributed by atoms with van der Waals surface area (Å²) in [5.74, 6) is -0.642. The van der Waals surface area contributed by atoms with Gasteiger partial charge in [0, 0.05) is 13.1 Å². The second-order valence-corrected chi connectivity index (χ2v) is 4.34. The van der Waals surface area contributed by atoms with Crippen LogP contribution < -0.4 is 10.6 Å². The van der Waals surface area contributed by atoms with E-state index in [4.69, 9.17) is 4.42 Å². The molecule has 2 amide bonds. The number of amides is 2. The molecule has 0 aliphatic rings. The molecular formula is C15H16N2O4. The molecule has 1 aromatic heterocycles. The second-order valence-electron chi connectivity index (χ2n) is 4.34. The Bertz CT molecular complexity index is 581. The first-order chi connectivity index (χ1) is 10.2. The lowest BCUT2D eigenvalue weighted by Gasteiger charge is -2.11. The Morgan fingerprint density at radius 1 is 1.05 bits per heavy atom. The van der Waals surface area contributed by atoms with Crippen molar-refractivity contribution in [1.82, 2.24) is 10.6 Å². The van der Waals surface area contributed by atoms with Crippen LogP contribution in [-0.2, 0) is 4.79 Å². The van der Waals surface area contributed by atoms with Crippen LogP contribution in [0.3, 0.4) is 0 Å². The van der Waals surface area contributed by atoms with E-state index >= 15 is 0 Å². The number of hydrogen-bond donors (Lipinski definition) is 3. The van der Waals surface area contributed by atoms with Crippen molar-refractivity contribution in [2.24, 2.45) is 0 Å². The Morgan fingerprint density at radius 3 is 2.43 bits per heavy atom. The van der Waals surface area contributed by atoms with Crippen LogP contribution in [0.1, 0.15) is 22.2 Å². The zero-order valence-corrected chi connectivity index (χ0v) is 11.3. The molecular weight excluding hydrogens is 272 g/mol. The van der Waals surface area contributed by atoms with Gasteiger partial charge in [-0.15, -0.1) is 0 Å². The smallest absolute Gasteiger partial charge is 0.287 e. The topological polar surface area (TPSA) is 91.6 Å². The highest BCUT2D eigenvalue weighted by Crippen LogP contribution is 2.11. The normalized spacial score (nSPS) is 11.7. The van der Waals surface area contributed by atoms with Crippen molar-refractivity contribution in [3.8, 4) is 0 Å². The van der Waals surface area contributed by atoms with Crippen molar-refractivity contribution < 1.29 is 19.1 Å². The van der Waals surface area contributed by atoms with E-state index in [1.165, 1.54) is 6.26 Å². The third kappa shape index (κ3) is 4.19. The highest BCUT2D eigenvalue weighted by molar-refractivity contribution is 5.91. The molecule has 0 saturated carbocycles. The summed E-state index contributed by atoms with van der Waals surface area (Å²) in [6, 6.07) is 11.8. The minimum Gasteiger partial charge on any atom is -0.459 e. The molecule has 21 heavy (non-hydrogen) atoms. The number of carbonyl (C=O) groups excluding carboxylic acids is 2. The molecule has 0 saturated heterocycles. The quantitative estimate of drug-likeness (QED) is 0.687. The highest BCUT2D eigenvalue weighted by Gasteiger charge is 2.16. The zero-order chi connectivity index (χ0) is 15.1. The predicted octanol–water partition coefficient (Wildman–Crippen LogP) is 0.859. The Morgan fingerprint density at radius 2 is 1.76 bits per heavy atom. The van der Waals surface area contributed by atoms with E-state index in [1.54, 1.807) is 42.5 Å². The number of hydrogen-bond acceptors (Lipinski definition) is 4. The average Bonchev–Trinajstić information content (AvgIpc) is 3.05. The van der Waals surface area contributed by atoms with Gasteiger partial charge in [-0.3, -0.25) is 9.59 Å². The van der Waals surface area contributed by atoms with Gasteiger partial charge in [-0.05, 0) is 17.7 Å². The van der Waals surface area contributed by atoms with E-state index in [0.717, 1.165) is 0 Å². The minimum atomic E-state index is -1.22. The maximum absolute atomic E-state index is 11.7. The standard InChI is InChI=1S/C15H16N2O4/c18-13(11-5-2-1-3-6-11)15(20)17-9-8-16-14(19)12-7-4-10-21-12/h1-7,10,13,18H,8-9H2,(H,16,19)(H,17,20). The molecule has 0 fully saturated rings. The van der Waals surface area contributed by atoms with Crippen LogP contribution in [0, 0.1) is 0 Å². The van der Waals surface area contributed by atoms with Crippen molar-refractivity contribution >= 4 is 11.8 Å². The molecule has 0 spiro atoms. The summed E-state index contributed by atoms with van der Waals surface area (Å²) in [5, 5.41) is 15.0. The van der Waals surface area contributed by atoms with E-state index in [-0.39, 0.29) is 24.8 Å². The molecule has 2 rings (SSSR count). The lowest BCUT2D eigenvalue weighted by atomic mass is 10.1. The summed E-state index contributed by atoms with van der Waals surface area (Å²) in [6.07, 6.45) is 0.194. The summed E-state index contributed by atoms with van der Waals surface area (Å²) in [4.78, 5) is 23.3. The van der Waals surface area contributed by atoms with Crippen LogP contribution in [-0.4, -0.2) is 30.0 Å². The first-order valence-electron chi connectivity index (χ1n) is 6.51. The van der Waals surface area contributed by atoms with Gasteiger partial charge in [-0.2, -0.15) is 0 Å². The average molecular weight is 288 g/mol. The van der Waals surface area contributed by atoms with Crippen LogP contribution >= 0.6 is 0 Å². The van der Waals surface area contributed by atoms with Gasteiger partial charge in [0.1, 0.15) is 0 Å². The zero-order valence-electron chi connectivity index (χ0n) is 11.3. The van der Waals surface area contributed by atoms with E-state index in [1.807, 2.05) is 0 Å². The molecule has 0 bridgehead atoms. The molecule has 1 heterocycles. The van der Waals surface area contributed by atoms with Gasteiger partial charge in [0.05, 0.1) is 6.26 Å². The fourth-order valence-electron chi connectivity index (χ4n) is 1.74. The number of nitrogens with one attached hydrogen (secondary N) is 2. The molecule has 0 aliphatic carbocycles. The Hall–Kier alpha value is -2.60. The maximum Gasteiger partial charge on any atom is 0.287 e. The van der Waals surface area contributed by atoms with Crippen LogP contribution in [0.2, 0.25) is 0 Å². The van der Waals surface area contributed by atoms with Crippen LogP contribution in [0.4, 0.5) is 0 Å². The highest BCUT2D eigenvalue weighted by atomic mass is 16.3. The Balaban J connectivity index is 1.71. The van der Waals surface area contributed by atoms with Gasteiger partial charge in [-0.1, -0.05) is 30.3 Å². The number of aliphatic hydroxyl groups is 1. The van der Waals surface area contributed by atoms with Crippen molar-refractivity contribution in [3.63, 3.8) is 0 Å². The lowest BCUT2D eigenvalue weighted by molar-refractivity contribution is -0.129. The van der Waals surface area contributed by atoms with Crippen molar-refractivity contribution in [1.29, 1.82) is 0 Å². The monoisotopic (exact) mass is 288 g/mol. The molecule has 0 aliphatic heterocycles. The molecule has 110 valence electrons. The Kier molecular flexibility index (Phi) is 5.11.